The largest absolute Gasteiger partial charge is 0.508 e. The smallest absolute Gasteiger partial charge is 0.243 e. The number of aldehydes is 1. The minimum Gasteiger partial charge on any atom is -0.508 e. The van der Waals surface area contributed by atoms with Gasteiger partial charge in [-0.2, -0.15) is 0 Å². The van der Waals surface area contributed by atoms with Crippen LogP contribution in [-0.2, 0) is 46.4 Å². The van der Waals surface area contributed by atoms with Gasteiger partial charge in [-0.25, -0.2) is 0 Å². The number of phenols is 2. The molecule has 0 radical (unpaired) electrons. The predicted octanol–water partition coefficient (Wildman–Crippen LogP) is -4.23. The highest BCUT2D eigenvalue weighted by molar-refractivity contribution is 5.96. The Bertz CT molecular complexity index is 1630. The third-order valence-electron chi connectivity index (χ3n) is 7.80. The summed E-state index contributed by atoms with van der Waals surface area (Å²) in [6.07, 6.45) is -0.377. The number of aliphatic hydroxyl groups excluding tert-OH is 1. The van der Waals surface area contributed by atoms with Crippen molar-refractivity contribution in [3.05, 3.63) is 59.7 Å². The SMILES string of the molecule is CC(NC(=O)[C@H](Cc1ccc(O)cc1)NC(=O)C(Cc1ccc(O)cc1)NC(=O)C(CCCN=C(N)N)NC(=O)[C@@H](N)CC(N)=O)C(=O)N[C@H](C=O)CO. The number of amides is 6. The Morgan fingerprint density at radius 2 is 1.17 bits per heavy atom. The molecule has 2 aromatic rings. The highest BCUT2D eigenvalue weighted by Gasteiger charge is 2.32. The molecule has 0 aliphatic carbocycles. The summed E-state index contributed by atoms with van der Waals surface area (Å²) in [6, 6.07) is 3.51. The number of carbonyl (C=O) groups is 7. The van der Waals surface area contributed by atoms with Gasteiger partial charge in [0.1, 0.15) is 48.0 Å². The number of carbonyl (C=O) groups excluding carboxylic acids is 7. The summed E-state index contributed by atoms with van der Waals surface area (Å²) in [4.78, 5) is 93.1. The zero-order valence-electron chi connectivity index (χ0n) is 29.6. The van der Waals surface area contributed by atoms with Crippen molar-refractivity contribution in [2.45, 2.75) is 75.3 Å². The van der Waals surface area contributed by atoms with E-state index < -0.39 is 84.7 Å². The highest BCUT2D eigenvalue weighted by Crippen LogP contribution is 2.14. The maximum Gasteiger partial charge on any atom is 0.243 e. The van der Waals surface area contributed by atoms with Crippen molar-refractivity contribution in [1.82, 2.24) is 26.6 Å². The lowest BCUT2D eigenvalue weighted by Crippen LogP contribution is -2.59. The number of primary amides is 1. The zero-order valence-corrected chi connectivity index (χ0v) is 29.6. The Balaban J connectivity index is 2.43. The summed E-state index contributed by atoms with van der Waals surface area (Å²) in [6.45, 7) is 0.717. The third kappa shape index (κ3) is 15.5. The van der Waals surface area contributed by atoms with Crippen LogP contribution in [0.2, 0.25) is 0 Å². The van der Waals surface area contributed by atoms with Crippen LogP contribution in [0.5, 0.6) is 11.5 Å². The molecular formula is C34H48N10O10. The lowest BCUT2D eigenvalue weighted by molar-refractivity contribution is -0.135. The Kier molecular flexibility index (Phi) is 17.8. The fourth-order valence-electron chi connectivity index (χ4n) is 4.87. The molecule has 0 heterocycles. The molecule has 0 bridgehead atoms. The standard InChI is InChI=1S/C34H48N10O10/c1-18(29(50)41-21(16-45)17-46)40-32(53)26(13-19-4-8-22(47)9-5-19)44-33(54)27(14-20-6-10-23(48)11-7-20)43-31(52)25(3-2-12-39-34(37)38)42-30(51)24(35)15-28(36)49/h4-11,16,18,21,24-27,46-48H,2-3,12-15,17,35H2,1H3,(H2,36,49)(H,40,53)(H,41,50)(H,42,51)(H,43,52)(H,44,54)(H4,37,38,39)/t18?,21-,24+,25?,26+,27?/m1/s1. The van der Waals surface area contributed by atoms with E-state index in [0.29, 0.717) is 17.4 Å². The van der Waals surface area contributed by atoms with E-state index in [2.05, 4.69) is 31.6 Å². The van der Waals surface area contributed by atoms with Gasteiger partial charge in [-0.05, 0) is 55.2 Å². The molecule has 6 amide bonds. The van der Waals surface area contributed by atoms with Crippen LogP contribution in [-0.4, -0.2) is 112 Å². The first-order chi connectivity index (χ1) is 25.5. The van der Waals surface area contributed by atoms with Gasteiger partial charge in [0.2, 0.25) is 35.4 Å². The van der Waals surface area contributed by atoms with Crippen molar-refractivity contribution >= 4 is 47.7 Å². The van der Waals surface area contributed by atoms with E-state index in [1.165, 1.54) is 55.5 Å². The highest BCUT2D eigenvalue weighted by atomic mass is 16.3. The fraction of sp³-hybridized carbons (Fsp3) is 0.412. The molecule has 0 aliphatic rings. The van der Waals surface area contributed by atoms with Crippen LogP contribution in [0.25, 0.3) is 0 Å². The van der Waals surface area contributed by atoms with Crippen molar-refractivity contribution in [2.75, 3.05) is 13.2 Å². The molecular weight excluding hydrogens is 708 g/mol. The molecule has 2 rings (SSSR count). The van der Waals surface area contributed by atoms with Crippen LogP contribution in [0, 0.1) is 0 Å². The number of aliphatic imine (C=N–C) groups is 1. The molecule has 0 aromatic heterocycles. The van der Waals surface area contributed by atoms with E-state index in [9.17, 15) is 48.9 Å². The van der Waals surface area contributed by atoms with E-state index >= 15 is 0 Å². The van der Waals surface area contributed by atoms with E-state index in [0.717, 1.165) is 0 Å². The Morgan fingerprint density at radius 3 is 1.61 bits per heavy atom. The molecule has 0 saturated heterocycles. The van der Waals surface area contributed by atoms with Gasteiger partial charge < -0.3 is 69.6 Å². The van der Waals surface area contributed by atoms with Crippen molar-refractivity contribution in [1.29, 1.82) is 0 Å². The monoisotopic (exact) mass is 756 g/mol. The minimum absolute atomic E-state index is 0.0434. The molecule has 0 aliphatic heterocycles. The lowest BCUT2D eigenvalue weighted by atomic mass is 10.0. The number of nitrogens with two attached hydrogens (primary N) is 4. The summed E-state index contributed by atoms with van der Waals surface area (Å²) < 4.78 is 0. The number of benzene rings is 2. The average molecular weight is 757 g/mol. The Hall–Kier alpha value is -6.28. The second kappa shape index (κ2) is 21.9. The van der Waals surface area contributed by atoms with Crippen LogP contribution in [0.3, 0.4) is 0 Å². The molecule has 20 heteroatoms. The maximum absolute atomic E-state index is 14.0. The van der Waals surface area contributed by atoms with Crippen LogP contribution in [0.4, 0.5) is 0 Å². The number of phenolic OH excluding ortho intramolecular Hbond substituents is 2. The molecule has 16 N–H and O–H groups in total. The lowest BCUT2D eigenvalue weighted by Gasteiger charge is -2.27. The molecule has 0 saturated carbocycles. The van der Waals surface area contributed by atoms with E-state index in [-0.39, 0.29) is 49.7 Å². The topological polar surface area (TPSA) is 357 Å². The number of guanidine groups is 1. The maximum atomic E-state index is 14.0. The van der Waals surface area contributed by atoms with Crippen LogP contribution in [0.1, 0.15) is 37.3 Å². The molecule has 6 atom stereocenters. The molecule has 3 unspecified atom stereocenters. The van der Waals surface area contributed by atoms with E-state index in [4.69, 9.17) is 22.9 Å². The summed E-state index contributed by atoms with van der Waals surface area (Å²) in [5, 5.41) is 41.2. The van der Waals surface area contributed by atoms with Gasteiger partial charge in [0, 0.05) is 19.4 Å². The summed E-state index contributed by atoms with van der Waals surface area (Å²) in [5.74, 6) is -5.42. The van der Waals surface area contributed by atoms with Gasteiger partial charge in [0.15, 0.2) is 5.96 Å². The normalized spacial score (nSPS) is 14.1. The minimum atomic E-state index is -1.41. The number of nitrogens with zero attached hydrogens (tertiary/aromatic N) is 1. The molecule has 20 nitrogen and oxygen atoms in total. The van der Waals surface area contributed by atoms with Gasteiger partial charge in [-0.15, -0.1) is 0 Å². The summed E-state index contributed by atoms with van der Waals surface area (Å²) >= 11 is 0. The van der Waals surface area contributed by atoms with Crippen molar-refractivity contribution < 1.29 is 48.9 Å². The van der Waals surface area contributed by atoms with Crippen molar-refractivity contribution in [3.63, 3.8) is 0 Å². The van der Waals surface area contributed by atoms with Gasteiger partial charge in [0.05, 0.1) is 19.1 Å². The molecule has 0 spiro atoms. The van der Waals surface area contributed by atoms with Crippen LogP contribution >= 0.6 is 0 Å². The number of hydrogen-bond acceptors (Lipinski definition) is 12. The number of rotatable bonds is 22. The summed E-state index contributed by atoms with van der Waals surface area (Å²) in [7, 11) is 0. The summed E-state index contributed by atoms with van der Waals surface area (Å²) in [5.41, 5.74) is 22.7. The average Bonchev–Trinajstić information content (AvgIpc) is 3.12. The van der Waals surface area contributed by atoms with Gasteiger partial charge in [-0.3, -0.25) is 33.8 Å². The third-order valence-corrected chi connectivity index (χ3v) is 7.80. The van der Waals surface area contributed by atoms with Gasteiger partial charge in [0.25, 0.3) is 0 Å². The zero-order chi connectivity index (χ0) is 40.4. The number of aromatic hydroxyl groups is 2. The quantitative estimate of drug-likeness (QED) is 0.0235. The molecule has 2 aromatic carbocycles. The second-order valence-corrected chi connectivity index (χ2v) is 12.3. The molecule has 54 heavy (non-hydrogen) atoms. The first-order valence-corrected chi connectivity index (χ1v) is 16.8. The van der Waals surface area contributed by atoms with E-state index in [1.54, 1.807) is 0 Å². The fourth-order valence-corrected chi connectivity index (χ4v) is 4.87. The van der Waals surface area contributed by atoms with Crippen molar-refractivity contribution in [2.24, 2.45) is 27.9 Å². The van der Waals surface area contributed by atoms with Gasteiger partial charge >= 0.3 is 0 Å². The molecule has 0 fully saturated rings. The number of hydrogen-bond donors (Lipinski definition) is 12. The number of aliphatic hydroxyl groups is 1. The van der Waals surface area contributed by atoms with Crippen LogP contribution < -0.4 is 49.5 Å². The molecule has 294 valence electrons. The Labute approximate surface area is 310 Å². The van der Waals surface area contributed by atoms with Crippen LogP contribution in [0.15, 0.2) is 53.5 Å². The van der Waals surface area contributed by atoms with Crippen molar-refractivity contribution in [3.8, 4) is 11.5 Å². The first kappa shape index (κ1) is 43.9. The first-order valence-electron chi connectivity index (χ1n) is 16.8. The van der Waals surface area contributed by atoms with Gasteiger partial charge in [-0.1, -0.05) is 24.3 Å². The second-order valence-electron chi connectivity index (χ2n) is 12.3. The van der Waals surface area contributed by atoms with E-state index in [1.807, 2.05) is 0 Å². The number of nitrogens with one attached hydrogen (secondary N) is 5. The predicted molar refractivity (Wildman–Crippen MR) is 194 cm³/mol. The Morgan fingerprint density at radius 1 is 0.704 bits per heavy atom.